The van der Waals surface area contributed by atoms with Gasteiger partial charge in [-0.2, -0.15) is 0 Å². The largest absolute Gasteiger partial charge is 0.464 e. The molecule has 19 heavy (non-hydrogen) atoms. The molecule has 0 unspecified atom stereocenters. The van der Waals surface area contributed by atoms with Gasteiger partial charge in [0.25, 0.3) is 0 Å². The summed E-state index contributed by atoms with van der Waals surface area (Å²) in [6, 6.07) is 0. The van der Waals surface area contributed by atoms with Crippen LogP contribution in [0.5, 0.6) is 0 Å². The van der Waals surface area contributed by atoms with Gasteiger partial charge in [0.15, 0.2) is 0 Å². The first-order valence-electron chi connectivity index (χ1n) is 7.65. The third kappa shape index (κ3) is 15.3. The maximum absolute atomic E-state index is 11.1. The number of unbranched alkanes of at least 4 members (excludes halogenated alkanes) is 8. The van der Waals surface area contributed by atoms with Gasteiger partial charge in [0.1, 0.15) is 6.61 Å². The topological polar surface area (TPSA) is 55.8 Å². The minimum Gasteiger partial charge on any atom is -0.464 e. The van der Waals surface area contributed by atoms with E-state index in [1.54, 1.807) is 0 Å². The van der Waals surface area contributed by atoms with Crippen molar-refractivity contribution in [2.75, 3.05) is 26.4 Å². The van der Waals surface area contributed by atoms with Crippen LogP contribution in [0.15, 0.2) is 0 Å². The van der Waals surface area contributed by atoms with Crippen molar-refractivity contribution in [2.24, 2.45) is 0 Å². The number of aliphatic hydroxyl groups is 1. The van der Waals surface area contributed by atoms with Crippen molar-refractivity contribution in [2.45, 2.75) is 64.7 Å². The minimum atomic E-state index is -0.340. The summed E-state index contributed by atoms with van der Waals surface area (Å²) in [4.78, 5) is 11.1. The molecule has 0 aliphatic carbocycles. The first-order valence-corrected chi connectivity index (χ1v) is 7.65. The number of hydrogen-bond donors (Lipinski definition) is 1. The number of carbonyl (C=O) groups is 1. The van der Waals surface area contributed by atoms with Crippen molar-refractivity contribution in [3.05, 3.63) is 0 Å². The highest BCUT2D eigenvalue weighted by molar-refractivity contribution is 5.70. The van der Waals surface area contributed by atoms with E-state index in [-0.39, 0.29) is 25.8 Å². The predicted molar refractivity (Wildman–Crippen MR) is 76.1 cm³/mol. The minimum absolute atomic E-state index is 0.0576. The van der Waals surface area contributed by atoms with Gasteiger partial charge in [0.05, 0.1) is 19.8 Å². The second-order valence-electron chi connectivity index (χ2n) is 4.83. The number of esters is 1. The van der Waals surface area contributed by atoms with Crippen LogP contribution >= 0.6 is 0 Å². The summed E-state index contributed by atoms with van der Waals surface area (Å²) in [6.45, 7) is 2.78. The Morgan fingerprint density at radius 1 is 0.895 bits per heavy atom. The summed E-state index contributed by atoms with van der Waals surface area (Å²) in [5.74, 6) is -0.340. The molecule has 0 aromatic rings. The molecule has 0 aliphatic rings. The molecule has 0 radical (unpaired) electrons. The van der Waals surface area contributed by atoms with Crippen LogP contribution in [0.25, 0.3) is 0 Å². The molecule has 0 atom stereocenters. The molecule has 0 bridgehead atoms. The Labute approximate surface area is 117 Å². The summed E-state index contributed by atoms with van der Waals surface area (Å²) in [7, 11) is 0. The van der Waals surface area contributed by atoms with Gasteiger partial charge in [-0.15, -0.1) is 0 Å². The second-order valence-corrected chi connectivity index (χ2v) is 4.83. The lowest BCUT2D eigenvalue weighted by atomic mass is 10.1. The molecule has 0 aliphatic heterocycles. The molecule has 0 heterocycles. The first kappa shape index (κ1) is 18.4. The molecule has 0 saturated heterocycles. The highest BCUT2D eigenvalue weighted by Gasteiger charge is 2.01. The van der Waals surface area contributed by atoms with E-state index in [9.17, 15) is 4.79 Å². The molecule has 4 heteroatoms. The van der Waals surface area contributed by atoms with E-state index in [1.807, 2.05) is 0 Å². The molecule has 0 saturated carbocycles. The zero-order valence-electron chi connectivity index (χ0n) is 12.4. The SMILES string of the molecule is CCCCCCCCCCCOC(=O)COCCO. The second kappa shape index (κ2) is 15.4. The normalized spacial score (nSPS) is 10.6. The van der Waals surface area contributed by atoms with Crippen LogP contribution in [0.1, 0.15) is 64.7 Å². The van der Waals surface area contributed by atoms with Gasteiger partial charge < -0.3 is 14.6 Å². The molecule has 0 rings (SSSR count). The Morgan fingerprint density at radius 3 is 2.05 bits per heavy atom. The van der Waals surface area contributed by atoms with Gasteiger partial charge in [-0.05, 0) is 6.42 Å². The molecule has 0 aromatic heterocycles. The summed E-state index contributed by atoms with van der Waals surface area (Å²) >= 11 is 0. The predicted octanol–water partition coefficient (Wildman–Crippen LogP) is 3.07. The fourth-order valence-corrected chi connectivity index (χ4v) is 1.86. The Kier molecular flexibility index (Phi) is 15.0. The van der Waals surface area contributed by atoms with E-state index in [1.165, 1.54) is 44.9 Å². The van der Waals surface area contributed by atoms with Crippen molar-refractivity contribution < 1.29 is 19.4 Å². The Bertz CT molecular complexity index is 195. The number of ether oxygens (including phenoxy) is 2. The van der Waals surface area contributed by atoms with Gasteiger partial charge in [-0.25, -0.2) is 4.79 Å². The lowest BCUT2D eigenvalue weighted by Crippen LogP contribution is -2.14. The zero-order valence-corrected chi connectivity index (χ0v) is 12.4. The maximum atomic E-state index is 11.1. The summed E-state index contributed by atoms with van der Waals surface area (Å²) in [5.41, 5.74) is 0. The van der Waals surface area contributed by atoms with Gasteiger partial charge in [-0.3, -0.25) is 0 Å². The van der Waals surface area contributed by atoms with Crippen LogP contribution in [0, 0.1) is 0 Å². The quantitative estimate of drug-likeness (QED) is 0.391. The smallest absolute Gasteiger partial charge is 0.332 e. The summed E-state index contributed by atoms with van der Waals surface area (Å²) in [6.07, 6.45) is 11.3. The van der Waals surface area contributed by atoms with Crippen molar-refractivity contribution in [1.29, 1.82) is 0 Å². The van der Waals surface area contributed by atoms with Gasteiger partial charge >= 0.3 is 5.97 Å². The van der Waals surface area contributed by atoms with Gasteiger partial charge in [0.2, 0.25) is 0 Å². The number of hydrogen-bond acceptors (Lipinski definition) is 4. The molecule has 0 aromatic carbocycles. The van der Waals surface area contributed by atoms with Gasteiger partial charge in [-0.1, -0.05) is 58.3 Å². The maximum Gasteiger partial charge on any atom is 0.332 e. The molecular weight excluding hydrogens is 244 g/mol. The van der Waals surface area contributed by atoms with Crippen molar-refractivity contribution in [1.82, 2.24) is 0 Å². The highest BCUT2D eigenvalue weighted by Crippen LogP contribution is 2.09. The molecule has 0 spiro atoms. The standard InChI is InChI=1S/C15H30O4/c1-2-3-4-5-6-7-8-9-10-12-19-15(17)14-18-13-11-16/h16H,2-14H2,1H3. The van der Waals surface area contributed by atoms with E-state index < -0.39 is 0 Å². The Hall–Kier alpha value is -0.610. The van der Waals surface area contributed by atoms with E-state index in [2.05, 4.69) is 6.92 Å². The Balaban J connectivity index is 3.07. The third-order valence-corrected chi connectivity index (χ3v) is 2.97. The Morgan fingerprint density at radius 2 is 1.47 bits per heavy atom. The average molecular weight is 274 g/mol. The van der Waals surface area contributed by atoms with Crippen LogP contribution in [-0.2, 0) is 14.3 Å². The lowest BCUT2D eigenvalue weighted by molar-refractivity contribution is -0.149. The molecule has 0 amide bonds. The first-order chi connectivity index (χ1) is 9.31. The zero-order chi connectivity index (χ0) is 14.2. The van der Waals surface area contributed by atoms with Crippen LogP contribution in [0.2, 0.25) is 0 Å². The van der Waals surface area contributed by atoms with E-state index in [0.717, 1.165) is 12.8 Å². The van der Waals surface area contributed by atoms with Crippen LogP contribution in [-0.4, -0.2) is 37.5 Å². The van der Waals surface area contributed by atoms with E-state index in [0.29, 0.717) is 6.61 Å². The summed E-state index contributed by atoms with van der Waals surface area (Å²) < 4.78 is 9.87. The molecule has 1 N–H and O–H groups in total. The molecule has 114 valence electrons. The molecule has 0 fully saturated rings. The monoisotopic (exact) mass is 274 g/mol. The fourth-order valence-electron chi connectivity index (χ4n) is 1.86. The average Bonchev–Trinajstić information content (AvgIpc) is 2.41. The molecule has 4 nitrogen and oxygen atoms in total. The summed E-state index contributed by atoms with van der Waals surface area (Å²) in [5, 5.41) is 8.47. The molecular formula is C15H30O4. The van der Waals surface area contributed by atoms with Crippen molar-refractivity contribution in [3.8, 4) is 0 Å². The highest BCUT2D eigenvalue weighted by atomic mass is 16.6. The van der Waals surface area contributed by atoms with Gasteiger partial charge in [0, 0.05) is 0 Å². The van der Waals surface area contributed by atoms with Crippen LogP contribution < -0.4 is 0 Å². The van der Waals surface area contributed by atoms with E-state index >= 15 is 0 Å². The van der Waals surface area contributed by atoms with Crippen LogP contribution in [0.4, 0.5) is 0 Å². The lowest BCUT2D eigenvalue weighted by Gasteiger charge is -2.05. The van der Waals surface area contributed by atoms with Crippen molar-refractivity contribution >= 4 is 5.97 Å². The fraction of sp³-hybridized carbons (Fsp3) is 0.933. The third-order valence-electron chi connectivity index (χ3n) is 2.97. The number of aliphatic hydroxyl groups excluding tert-OH is 1. The number of carbonyl (C=O) groups excluding carboxylic acids is 1. The number of rotatable bonds is 14. The van der Waals surface area contributed by atoms with Crippen LogP contribution in [0.3, 0.4) is 0 Å². The van der Waals surface area contributed by atoms with Crippen molar-refractivity contribution in [3.63, 3.8) is 0 Å². The van der Waals surface area contributed by atoms with E-state index in [4.69, 9.17) is 14.6 Å².